The van der Waals surface area contributed by atoms with Crippen molar-refractivity contribution >= 4 is 0 Å². The molecule has 4 aliphatic rings. The Morgan fingerprint density at radius 1 is 0.300 bits per heavy atom. The number of rotatable bonds is 9. The predicted molar refractivity (Wildman–Crippen MR) is 242 cm³/mol. The van der Waals surface area contributed by atoms with Gasteiger partial charge in [-0.15, -0.1) is 0 Å². The van der Waals surface area contributed by atoms with E-state index in [0.29, 0.717) is 0 Å². The fraction of sp³-hybridized carbons (Fsp3) is 0.0357. The van der Waals surface area contributed by atoms with Crippen molar-refractivity contribution in [1.82, 2.24) is 0 Å². The minimum Gasteiger partial charge on any atom is -0.207 e. The SMILES string of the molecule is [CH]1C=CC(C(c2cc(-c3ccccc3)[o+]c(-c3ccccc3)c2)C(C2=C[CH]C=C2)c2cc(-c3ccccc3)[o+]c(-c3ccccc3)c2)=C1.[CH]1C=CC=C1.[CH]1C=CC=C1.[Fe].[Fe]. The van der Waals surface area contributed by atoms with E-state index < -0.39 is 0 Å². The molecule has 0 aliphatic heterocycles. The van der Waals surface area contributed by atoms with Crippen LogP contribution >= 0.6 is 0 Å². The molecule has 0 fully saturated rings. The van der Waals surface area contributed by atoms with Gasteiger partial charge in [-0.05, 0) is 70.8 Å². The number of allylic oxidation sites excluding steroid dienone is 16. The Morgan fingerprint density at radius 3 is 0.800 bits per heavy atom. The van der Waals surface area contributed by atoms with E-state index in [1.54, 1.807) is 0 Å². The molecular weight excluding hydrogens is 816 g/mol. The molecule has 2 heterocycles. The van der Waals surface area contributed by atoms with Crippen LogP contribution in [0.1, 0.15) is 23.0 Å². The van der Waals surface area contributed by atoms with Crippen LogP contribution in [0.3, 0.4) is 0 Å². The molecule has 2 unspecified atom stereocenters. The van der Waals surface area contributed by atoms with Crippen molar-refractivity contribution in [3.63, 3.8) is 0 Å². The van der Waals surface area contributed by atoms with Crippen LogP contribution in [0.15, 0.2) is 251 Å². The van der Waals surface area contributed by atoms with Crippen molar-refractivity contribution in [2.45, 2.75) is 11.8 Å². The summed E-state index contributed by atoms with van der Waals surface area (Å²) < 4.78 is 13.3. The Labute approximate surface area is 376 Å². The average molecular weight is 861 g/mol. The second-order valence-corrected chi connectivity index (χ2v) is 14.0. The third-order valence-electron chi connectivity index (χ3n) is 10.1. The predicted octanol–water partition coefficient (Wildman–Crippen LogP) is 15.0. The summed E-state index contributed by atoms with van der Waals surface area (Å²) in [6.45, 7) is 0. The molecule has 2 nitrogen and oxygen atoms in total. The molecule has 4 aromatic carbocycles. The van der Waals surface area contributed by atoms with Crippen LogP contribution in [0.4, 0.5) is 0 Å². The first-order valence-corrected chi connectivity index (χ1v) is 19.7. The van der Waals surface area contributed by atoms with Crippen molar-refractivity contribution < 1.29 is 43.0 Å². The number of benzene rings is 4. The van der Waals surface area contributed by atoms with Crippen LogP contribution in [0.5, 0.6) is 0 Å². The summed E-state index contributed by atoms with van der Waals surface area (Å²) >= 11 is 0. The van der Waals surface area contributed by atoms with Gasteiger partial charge in [-0.1, -0.05) is 158 Å². The molecule has 4 heteroatoms. The monoisotopic (exact) mass is 860 g/mol. The van der Waals surface area contributed by atoms with Gasteiger partial charge in [-0.25, -0.2) is 8.83 Å². The Bertz CT molecular complexity index is 2230. The van der Waals surface area contributed by atoms with Crippen LogP contribution in [-0.4, -0.2) is 0 Å². The summed E-state index contributed by atoms with van der Waals surface area (Å²) in [5, 5.41) is 0. The molecule has 60 heavy (non-hydrogen) atoms. The van der Waals surface area contributed by atoms with E-state index in [-0.39, 0.29) is 46.0 Å². The summed E-state index contributed by atoms with van der Waals surface area (Å²) in [5.41, 5.74) is 9.01. The molecule has 10 rings (SSSR count). The normalized spacial score (nSPS) is 14.8. The second kappa shape index (κ2) is 22.5. The van der Waals surface area contributed by atoms with Crippen LogP contribution in [-0.2, 0) is 34.1 Å². The molecule has 0 spiro atoms. The third kappa shape index (κ3) is 11.2. The van der Waals surface area contributed by atoms with Crippen molar-refractivity contribution in [2.24, 2.45) is 0 Å². The van der Waals surface area contributed by atoms with Gasteiger partial charge in [0, 0.05) is 95.9 Å². The van der Waals surface area contributed by atoms with Gasteiger partial charge in [0.15, 0.2) is 0 Å². The van der Waals surface area contributed by atoms with Crippen molar-refractivity contribution in [3.05, 3.63) is 279 Å². The summed E-state index contributed by atoms with van der Waals surface area (Å²) in [4.78, 5) is 0. The molecule has 6 aromatic rings. The Morgan fingerprint density at radius 2 is 0.583 bits per heavy atom. The average Bonchev–Trinajstić information content (AvgIpc) is 4.17. The van der Waals surface area contributed by atoms with E-state index in [9.17, 15) is 0 Å². The molecule has 0 bridgehead atoms. The molecule has 4 radical (unpaired) electrons. The molecule has 0 saturated heterocycles. The topological polar surface area (TPSA) is 22.6 Å². The first-order valence-electron chi connectivity index (χ1n) is 19.7. The first-order chi connectivity index (χ1) is 28.8. The van der Waals surface area contributed by atoms with Gasteiger partial charge in [0.1, 0.15) is 0 Å². The maximum atomic E-state index is 6.67. The summed E-state index contributed by atoms with van der Waals surface area (Å²) in [6.07, 6.45) is 37.5. The molecule has 0 N–H and O–H groups in total. The van der Waals surface area contributed by atoms with E-state index in [4.69, 9.17) is 8.83 Å². The fourth-order valence-corrected chi connectivity index (χ4v) is 7.37. The van der Waals surface area contributed by atoms with E-state index in [2.05, 4.69) is 171 Å². The van der Waals surface area contributed by atoms with Gasteiger partial charge in [0.05, 0.1) is 22.3 Å². The van der Waals surface area contributed by atoms with Crippen molar-refractivity contribution in [2.75, 3.05) is 0 Å². The molecule has 0 amide bonds. The van der Waals surface area contributed by atoms with Gasteiger partial charge in [0.25, 0.3) is 0 Å². The van der Waals surface area contributed by atoms with Gasteiger partial charge < -0.3 is 0 Å². The fourth-order valence-electron chi connectivity index (χ4n) is 7.37. The Kier molecular flexibility index (Phi) is 16.4. The molecule has 4 aliphatic carbocycles. The zero-order chi connectivity index (χ0) is 39.2. The van der Waals surface area contributed by atoms with E-state index >= 15 is 0 Å². The zero-order valence-corrected chi connectivity index (χ0v) is 35.1. The van der Waals surface area contributed by atoms with Gasteiger partial charge in [-0.2, -0.15) is 0 Å². The Balaban J connectivity index is 0.000000442. The third-order valence-corrected chi connectivity index (χ3v) is 10.1. The zero-order valence-electron chi connectivity index (χ0n) is 32.9. The van der Waals surface area contributed by atoms with Gasteiger partial charge in [0.2, 0.25) is 0 Å². The number of hydrogen-bond donors (Lipinski definition) is 0. The quantitative estimate of drug-likeness (QED) is 0.107. The summed E-state index contributed by atoms with van der Waals surface area (Å²) in [7, 11) is 0. The van der Waals surface area contributed by atoms with E-state index in [1.807, 2.05) is 85.7 Å². The molecular formula is C56H44Fe2O2+2. The number of hydrogen-bond acceptors (Lipinski definition) is 0. The maximum Gasteiger partial charge on any atom is 0.361 e. The first kappa shape index (κ1) is 43.7. The van der Waals surface area contributed by atoms with Crippen LogP contribution in [0.2, 0.25) is 0 Å². The van der Waals surface area contributed by atoms with E-state index in [0.717, 1.165) is 45.3 Å². The summed E-state index contributed by atoms with van der Waals surface area (Å²) in [5.74, 6) is 3.29. The molecule has 0 saturated carbocycles. The standard InChI is InChI=1S/C46H34O2.2C5H5.2Fe/c1-5-17-33(18-6-1)41-29-39(30-42(47-41)34-19-7-2-8-20-34)45(37-25-13-14-26-37)46(38-27-15-16-28-38)40-31-43(35-21-9-3-10-22-35)48-44(32-40)36-23-11-4-12-24-36;2*1-2-4-5-3-1;;/h1-32,45-46H;2*1-5H;;/q+2;;;;. The van der Waals surface area contributed by atoms with Gasteiger partial charge in [-0.3, -0.25) is 0 Å². The second-order valence-electron chi connectivity index (χ2n) is 14.0. The van der Waals surface area contributed by atoms with Crippen molar-refractivity contribution in [3.8, 4) is 45.3 Å². The molecule has 2 atom stereocenters. The smallest absolute Gasteiger partial charge is 0.207 e. The largest absolute Gasteiger partial charge is 0.361 e. The summed E-state index contributed by atoms with van der Waals surface area (Å²) in [6, 6.07) is 50.5. The van der Waals surface area contributed by atoms with Crippen LogP contribution in [0.25, 0.3) is 45.3 Å². The van der Waals surface area contributed by atoms with E-state index in [1.165, 1.54) is 22.3 Å². The molecule has 2 aromatic heterocycles. The van der Waals surface area contributed by atoms with Crippen LogP contribution in [0, 0.1) is 25.7 Å². The van der Waals surface area contributed by atoms with Gasteiger partial charge >= 0.3 is 23.0 Å². The minimum absolute atomic E-state index is 0. The minimum atomic E-state index is -0.0293. The van der Waals surface area contributed by atoms with Crippen LogP contribution < -0.4 is 0 Å². The maximum absolute atomic E-state index is 6.67. The Hall–Kier alpha value is -5.86. The van der Waals surface area contributed by atoms with Crippen molar-refractivity contribution in [1.29, 1.82) is 0 Å². The molecule has 294 valence electrons.